The lowest BCUT2D eigenvalue weighted by molar-refractivity contribution is 0.0729. The van der Waals surface area contributed by atoms with Crippen molar-refractivity contribution in [2.75, 3.05) is 5.32 Å². The van der Waals surface area contributed by atoms with Gasteiger partial charge < -0.3 is 15.5 Å². The zero-order valence-electron chi connectivity index (χ0n) is 17.1. The lowest BCUT2D eigenvalue weighted by atomic mass is 9.95. The van der Waals surface area contributed by atoms with Crippen LogP contribution < -0.4 is 5.32 Å². The minimum Gasteiger partial charge on any atom is -0.384 e. The minimum atomic E-state index is -1.58. The Kier molecular flexibility index (Phi) is 4.59. The van der Waals surface area contributed by atoms with Crippen LogP contribution in [0.2, 0.25) is 0 Å². The predicted molar refractivity (Wildman–Crippen MR) is 110 cm³/mol. The molecule has 0 aliphatic heterocycles. The first-order valence-electron chi connectivity index (χ1n) is 9.46. The highest BCUT2D eigenvalue weighted by Gasteiger charge is 2.32. The van der Waals surface area contributed by atoms with E-state index < -0.39 is 17.0 Å². The topological polar surface area (TPSA) is 111 Å². The molecular weight excluding hydrogens is 387 g/mol. The molecule has 0 fully saturated rings. The zero-order valence-corrected chi connectivity index (χ0v) is 17.1. The first-order valence-corrected chi connectivity index (χ1v) is 9.46. The molecule has 4 rings (SSSR count). The Morgan fingerprint density at radius 2 is 1.73 bits per heavy atom. The summed E-state index contributed by atoms with van der Waals surface area (Å²) in [5.41, 5.74) is -0.378. The molecule has 0 aliphatic carbocycles. The Morgan fingerprint density at radius 3 is 2.33 bits per heavy atom. The van der Waals surface area contributed by atoms with Crippen molar-refractivity contribution in [2.24, 2.45) is 0 Å². The van der Waals surface area contributed by atoms with Gasteiger partial charge in [0, 0.05) is 11.8 Å². The molecule has 1 atom stereocenters. The Bertz CT molecular complexity index is 1200. The molecular formula is C21H23FN6O2. The Morgan fingerprint density at radius 1 is 1.03 bits per heavy atom. The molecule has 0 radical (unpaired) electrons. The summed E-state index contributed by atoms with van der Waals surface area (Å²) >= 11 is 0. The molecule has 0 spiro atoms. The number of aromatic amines is 1. The van der Waals surface area contributed by atoms with E-state index in [0.29, 0.717) is 28.7 Å². The van der Waals surface area contributed by atoms with E-state index in [-0.39, 0.29) is 5.82 Å². The molecule has 4 N–H and O–H groups in total. The zero-order chi connectivity index (χ0) is 21.7. The Hall–Kier alpha value is -3.30. The van der Waals surface area contributed by atoms with Crippen LogP contribution in [0.15, 0.2) is 42.5 Å². The van der Waals surface area contributed by atoms with Crippen LogP contribution in [0.25, 0.3) is 5.65 Å². The number of hydrogen-bond acceptors (Lipinski definition) is 6. The molecule has 1 aromatic carbocycles. The third-order valence-electron chi connectivity index (χ3n) is 4.92. The van der Waals surface area contributed by atoms with Crippen LogP contribution in [0.4, 0.5) is 16.2 Å². The van der Waals surface area contributed by atoms with Crippen LogP contribution in [-0.4, -0.2) is 34.8 Å². The maximum absolute atomic E-state index is 13.3. The van der Waals surface area contributed by atoms with E-state index >= 15 is 0 Å². The van der Waals surface area contributed by atoms with Crippen LogP contribution in [0.1, 0.15) is 43.5 Å². The summed E-state index contributed by atoms with van der Waals surface area (Å²) < 4.78 is 15.0. The molecule has 1 unspecified atom stereocenters. The van der Waals surface area contributed by atoms with Crippen LogP contribution in [0.5, 0.6) is 0 Å². The summed E-state index contributed by atoms with van der Waals surface area (Å²) in [4.78, 5) is 9.07. The van der Waals surface area contributed by atoms with Gasteiger partial charge in [-0.2, -0.15) is 10.1 Å². The monoisotopic (exact) mass is 410 g/mol. The maximum Gasteiger partial charge on any atom is 0.216 e. The van der Waals surface area contributed by atoms with Crippen LogP contribution in [-0.2, 0) is 11.2 Å². The minimum absolute atomic E-state index is 0.122. The molecule has 0 aliphatic rings. The first-order chi connectivity index (χ1) is 14.1. The highest BCUT2D eigenvalue weighted by atomic mass is 19.1. The van der Waals surface area contributed by atoms with E-state index in [9.17, 15) is 14.6 Å². The van der Waals surface area contributed by atoms with E-state index in [4.69, 9.17) is 0 Å². The molecule has 0 amide bonds. The van der Waals surface area contributed by atoms with Crippen molar-refractivity contribution in [3.63, 3.8) is 0 Å². The fourth-order valence-corrected chi connectivity index (χ4v) is 3.30. The van der Waals surface area contributed by atoms with Crippen molar-refractivity contribution in [1.82, 2.24) is 24.6 Å². The van der Waals surface area contributed by atoms with Gasteiger partial charge >= 0.3 is 0 Å². The molecule has 3 heterocycles. The molecule has 0 saturated carbocycles. The first kappa shape index (κ1) is 20.0. The number of H-pyrrole nitrogens is 1. The summed E-state index contributed by atoms with van der Waals surface area (Å²) in [6.07, 6.45) is 0. The van der Waals surface area contributed by atoms with Crippen molar-refractivity contribution in [3.05, 3.63) is 71.1 Å². The second-order valence-electron chi connectivity index (χ2n) is 7.98. The number of hydrogen-bond donors (Lipinski definition) is 4. The van der Waals surface area contributed by atoms with E-state index in [1.165, 1.54) is 24.3 Å². The van der Waals surface area contributed by atoms with Crippen molar-refractivity contribution in [1.29, 1.82) is 0 Å². The van der Waals surface area contributed by atoms with Gasteiger partial charge in [-0.1, -0.05) is 12.1 Å². The lowest BCUT2D eigenvalue weighted by Crippen LogP contribution is -2.28. The van der Waals surface area contributed by atoms with Gasteiger partial charge in [-0.3, -0.25) is 9.50 Å². The van der Waals surface area contributed by atoms with Crippen molar-refractivity contribution in [2.45, 2.75) is 38.9 Å². The van der Waals surface area contributed by atoms with E-state index in [1.807, 2.05) is 6.92 Å². The Labute approximate surface area is 172 Å². The van der Waals surface area contributed by atoms with Crippen LogP contribution >= 0.6 is 0 Å². The van der Waals surface area contributed by atoms with Crippen molar-refractivity contribution >= 4 is 17.4 Å². The smallest absolute Gasteiger partial charge is 0.216 e. The average Bonchev–Trinajstić information content (AvgIpc) is 3.28. The third-order valence-corrected chi connectivity index (χ3v) is 4.92. The lowest BCUT2D eigenvalue weighted by Gasteiger charge is -2.24. The van der Waals surface area contributed by atoms with Gasteiger partial charge in [0.05, 0.1) is 11.3 Å². The standard InChI is InChI=1S/C21H23FN6O2/c1-12-11-16(27-26-12)23-19-25-18(21(4,30)13-5-7-14(22)8-6-13)24-17-10-9-15(28(17)19)20(2,3)29/h5-11,29-30H,1-4H3,(H2,23,24,25,26,27). The van der Waals surface area contributed by atoms with Crippen LogP contribution in [0.3, 0.4) is 0 Å². The summed E-state index contributed by atoms with van der Waals surface area (Å²) in [6.45, 7) is 6.75. The SMILES string of the molecule is Cc1cc(Nc2nc(C(C)(O)c3ccc(F)cc3)nc3ccc(C(C)(C)O)n23)n[nH]1. The number of nitrogens with zero attached hydrogens (tertiary/aromatic N) is 4. The van der Waals surface area contributed by atoms with E-state index in [2.05, 4.69) is 25.5 Å². The molecule has 30 heavy (non-hydrogen) atoms. The fraction of sp³-hybridized carbons (Fsp3) is 0.286. The summed E-state index contributed by atoms with van der Waals surface area (Å²) in [7, 11) is 0. The number of fused-ring (bicyclic) bond motifs is 1. The highest BCUT2D eigenvalue weighted by molar-refractivity contribution is 5.56. The Balaban J connectivity index is 1.91. The van der Waals surface area contributed by atoms with Gasteiger partial charge in [-0.15, -0.1) is 0 Å². The second-order valence-corrected chi connectivity index (χ2v) is 7.98. The fourth-order valence-electron chi connectivity index (χ4n) is 3.30. The van der Waals surface area contributed by atoms with Gasteiger partial charge in [0.1, 0.15) is 17.1 Å². The van der Waals surface area contributed by atoms with Gasteiger partial charge in [0.25, 0.3) is 0 Å². The third kappa shape index (κ3) is 3.53. The van der Waals surface area contributed by atoms with Crippen LogP contribution in [0, 0.1) is 12.7 Å². The van der Waals surface area contributed by atoms with E-state index in [1.54, 1.807) is 43.4 Å². The number of rotatable bonds is 5. The molecule has 0 bridgehead atoms. The maximum atomic E-state index is 13.3. The number of halogens is 1. The summed E-state index contributed by atoms with van der Waals surface area (Å²) in [5.74, 6) is 0.571. The van der Waals surface area contributed by atoms with E-state index in [0.717, 1.165) is 5.69 Å². The summed E-state index contributed by atoms with van der Waals surface area (Å²) in [5, 5.41) is 32.0. The predicted octanol–water partition coefficient (Wildman–Crippen LogP) is 3.13. The van der Waals surface area contributed by atoms with Gasteiger partial charge in [0.15, 0.2) is 11.6 Å². The van der Waals surface area contributed by atoms with Crippen molar-refractivity contribution in [3.8, 4) is 0 Å². The average molecular weight is 410 g/mol. The molecule has 4 aromatic rings. The van der Waals surface area contributed by atoms with Gasteiger partial charge in [0.2, 0.25) is 5.95 Å². The number of benzene rings is 1. The second kappa shape index (κ2) is 6.89. The van der Waals surface area contributed by atoms with Gasteiger partial charge in [-0.25, -0.2) is 9.37 Å². The number of aliphatic hydroxyl groups is 2. The van der Waals surface area contributed by atoms with Gasteiger partial charge in [-0.05, 0) is 57.5 Å². The number of aromatic nitrogens is 5. The quantitative estimate of drug-likeness (QED) is 0.402. The van der Waals surface area contributed by atoms with Crippen molar-refractivity contribution < 1.29 is 14.6 Å². The summed E-state index contributed by atoms with van der Waals surface area (Å²) in [6, 6.07) is 10.8. The number of aryl methyl sites for hydroxylation is 1. The number of nitrogens with one attached hydrogen (secondary N) is 2. The molecule has 156 valence electrons. The molecule has 0 saturated heterocycles. The molecule has 9 heteroatoms. The normalized spacial score (nSPS) is 14.1. The number of anilines is 2. The molecule has 3 aromatic heterocycles. The molecule has 8 nitrogen and oxygen atoms in total. The highest BCUT2D eigenvalue weighted by Crippen LogP contribution is 2.31. The largest absolute Gasteiger partial charge is 0.384 e.